The van der Waals surface area contributed by atoms with Gasteiger partial charge in [0.1, 0.15) is 0 Å². The second kappa shape index (κ2) is 11.5. The molecule has 0 N–H and O–H groups in total. The highest BCUT2D eigenvalue weighted by Gasteiger charge is 2.17. The zero-order chi connectivity index (χ0) is 33.0. The molecule has 0 aliphatic rings. The van der Waals surface area contributed by atoms with Crippen molar-refractivity contribution in [3.8, 4) is 16.8 Å². The minimum Gasteiger partial charge on any atom is -0.310 e. The summed E-state index contributed by atoms with van der Waals surface area (Å²) in [4.78, 5) is 2.36. The molecule has 0 fully saturated rings. The van der Waals surface area contributed by atoms with Gasteiger partial charge >= 0.3 is 0 Å². The first-order chi connectivity index (χ1) is 24.8. The Bertz CT molecular complexity index is 2810. The first-order valence-electron chi connectivity index (χ1n) is 17.2. The predicted molar refractivity (Wildman–Crippen MR) is 213 cm³/mol. The van der Waals surface area contributed by atoms with Crippen molar-refractivity contribution in [3.05, 3.63) is 194 Å². The highest BCUT2D eigenvalue weighted by molar-refractivity contribution is 6.20. The third-order valence-electron chi connectivity index (χ3n) is 10.1. The Morgan fingerprint density at radius 2 is 0.880 bits per heavy atom. The van der Waals surface area contributed by atoms with Gasteiger partial charge in [-0.25, -0.2) is 0 Å². The van der Waals surface area contributed by atoms with Crippen LogP contribution < -0.4 is 4.90 Å². The summed E-state index contributed by atoms with van der Waals surface area (Å²) in [5.74, 6) is 0. The first-order valence-corrected chi connectivity index (χ1v) is 17.2. The van der Waals surface area contributed by atoms with Crippen LogP contribution in [0.5, 0.6) is 0 Å². The van der Waals surface area contributed by atoms with Crippen LogP contribution in [-0.2, 0) is 0 Å². The van der Waals surface area contributed by atoms with Gasteiger partial charge in [-0.05, 0) is 92.5 Å². The van der Waals surface area contributed by atoms with E-state index in [0.717, 1.165) is 17.1 Å². The molecule has 0 amide bonds. The molecule has 0 aliphatic carbocycles. The normalized spacial score (nSPS) is 11.6. The summed E-state index contributed by atoms with van der Waals surface area (Å²) in [7, 11) is 0. The van der Waals surface area contributed by atoms with Gasteiger partial charge in [0.05, 0.1) is 16.7 Å². The summed E-state index contributed by atoms with van der Waals surface area (Å²) in [6.45, 7) is 0. The van der Waals surface area contributed by atoms with Crippen LogP contribution in [0.3, 0.4) is 0 Å². The molecular weight excluding hydrogens is 605 g/mol. The van der Waals surface area contributed by atoms with Gasteiger partial charge in [0.15, 0.2) is 0 Å². The molecule has 1 aromatic heterocycles. The summed E-state index contributed by atoms with van der Waals surface area (Å²) in [5.41, 5.74) is 9.33. The Labute approximate surface area is 290 Å². The Balaban J connectivity index is 1.10. The Morgan fingerprint density at radius 1 is 0.340 bits per heavy atom. The molecule has 2 heteroatoms. The minimum atomic E-state index is 1.11. The Kier molecular flexibility index (Phi) is 6.53. The molecule has 1 heterocycles. The molecule has 0 spiro atoms. The van der Waals surface area contributed by atoms with Gasteiger partial charge < -0.3 is 9.47 Å². The zero-order valence-electron chi connectivity index (χ0n) is 27.4. The number of hydrogen-bond acceptors (Lipinski definition) is 1. The van der Waals surface area contributed by atoms with Gasteiger partial charge in [-0.15, -0.1) is 0 Å². The fraction of sp³-hybridized carbons (Fsp3) is 0. The maximum Gasteiger partial charge on any atom is 0.0541 e. The molecule has 0 bridgehead atoms. The molecule has 50 heavy (non-hydrogen) atoms. The van der Waals surface area contributed by atoms with E-state index in [1.807, 2.05) is 0 Å². The molecule has 0 radical (unpaired) electrons. The van der Waals surface area contributed by atoms with Gasteiger partial charge in [-0.3, -0.25) is 0 Å². The van der Waals surface area contributed by atoms with Crippen LogP contribution >= 0.6 is 0 Å². The number of anilines is 3. The summed E-state index contributed by atoms with van der Waals surface area (Å²) in [5, 5.41) is 10.2. The second-order valence-corrected chi connectivity index (χ2v) is 13.0. The number of benzene rings is 9. The summed E-state index contributed by atoms with van der Waals surface area (Å²) < 4.78 is 2.41. The molecule has 0 unspecified atom stereocenters. The topological polar surface area (TPSA) is 8.17 Å². The van der Waals surface area contributed by atoms with Gasteiger partial charge in [0, 0.05) is 33.4 Å². The van der Waals surface area contributed by atoms with Crippen LogP contribution in [0.2, 0.25) is 0 Å². The van der Waals surface area contributed by atoms with E-state index in [4.69, 9.17) is 0 Å². The lowest BCUT2D eigenvalue weighted by molar-refractivity contribution is 1.18. The molecule has 0 aliphatic heterocycles. The number of aromatic nitrogens is 1. The number of fused-ring (bicyclic) bond motifs is 8. The largest absolute Gasteiger partial charge is 0.310 e. The standard InChI is InChI=1S/C48H32N2/c1-2-13-37(14-3-1)49(39-30-31-42-36(32-39)25-24-35-23-22-33-12-4-5-16-41(33)48(35)42)38-28-26-34(27-29-38)40-15-6-9-19-45(40)50-46-20-10-7-17-43(46)44-18-8-11-21-47(44)50/h1-32H. The first kappa shape index (κ1) is 28.4. The second-order valence-electron chi connectivity index (χ2n) is 13.0. The van der Waals surface area contributed by atoms with Crippen molar-refractivity contribution < 1.29 is 0 Å². The molecule has 0 saturated heterocycles. The minimum absolute atomic E-state index is 1.11. The van der Waals surface area contributed by atoms with Gasteiger partial charge in [0.25, 0.3) is 0 Å². The van der Waals surface area contributed by atoms with E-state index in [9.17, 15) is 0 Å². The van der Waals surface area contributed by atoms with Crippen LogP contribution in [0, 0.1) is 0 Å². The van der Waals surface area contributed by atoms with E-state index in [0.29, 0.717) is 0 Å². The summed E-state index contributed by atoms with van der Waals surface area (Å²) in [6, 6.07) is 70.4. The molecule has 9 aromatic carbocycles. The monoisotopic (exact) mass is 636 g/mol. The molecule has 10 aromatic rings. The van der Waals surface area contributed by atoms with Crippen LogP contribution in [0.25, 0.3) is 70.9 Å². The Hall–Kier alpha value is -6.64. The summed E-state index contributed by atoms with van der Waals surface area (Å²) >= 11 is 0. The molecule has 2 nitrogen and oxygen atoms in total. The number of nitrogens with zero attached hydrogens (tertiary/aromatic N) is 2. The van der Waals surface area contributed by atoms with Crippen molar-refractivity contribution in [2.24, 2.45) is 0 Å². The van der Waals surface area contributed by atoms with Crippen LogP contribution in [0.4, 0.5) is 17.1 Å². The number of para-hydroxylation sites is 4. The maximum absolute atomic E-state index is 2.41. The quantitative estimate of drug-likeness (QED) is 0.171. The van der Waals surface area contributed by atoms with Gasteiger partial charge in [0.2, 0.25) is 0 Å². The highest BCUT2D eigenvalue weighted by Crippen LogP contribution is 2.41. The molecule has 10 rings (SSSR count). The van der Waals surface area contributed by atoms with Crippen molar-refractivity contribution in [2.45, 2.75) is 0 Å². The van der Waals surface area contributed by atoms with Crippen molar-refractivity contribution in [1.82, 2.24) is 4.57 Å². The average Bonchev–Trinajstić information content (AvgIpc) is 3.52. The molecule has 0 saturated carbocycles. The lowest BCUT2D eigenvalue weighted by atomic mass is 9.96. The van der Waals surface area contributed by atoms with E-state index in [2.05, 4.69) is 204 Å². The maximum atomic E-state index is 2.41. The average molecular weight is 637 g/mol. The lowest BCUT2D eigenvalue weighted by Crippen LogP contribution is -2.09. The van der Waals surface area contributed by atoms with Crippen molar-refractivity contribution >= 4 is 71.2 Å². The third kappa shape index (κ3) is 4.50. The smallest absolute Gasteiger partial charge is 0.0541 e. The van der Waals surface area contributed by atoms with E-state index in [1.165, 1.54) is 70.9 Å². The van der Waals surface area contributed by atoms with E-state index in [-0.39, 0.29) is 0 Å². The Morgan fingerprint density at radius 3 is 1.64 bits per heavy atom. The van der Waals surface area contributed by atoms with E-state index in [1.54, 1.807) is 0 Å². The SMILES string of the molecule is c1ccc(N(c2ccc(-c3ccccc3-n3c4ccccc4c4ccccc43)cc2)c2ccc3c(ccc4ccc5ccccc5c43)c2)cc1. The summed E-state index contributed by atoms with van der Waals surface area (Å²) in [6.07, 6.45) is 0. The van der Waals surface area contributed by atoms with Crippen molar-refractivity contribution in [1.29, 1.82) is 0 Å². The number of hydrogen-bond donors (Lipinski definition) is 0. The fourth-order valence-electron chi connectivity index (χ4n) is 7.87. The van der Waals surface area contributed by atoms with E-state index < -0.39 is 0 Å². The van der Waals surface area contributed by atoms with Gasteiger partial charge in [-0.1, -0.05) is 140 Å². The van der Waals surface area contributed by atoms with Gasteiger partial charge in [-0.2, -0.15) is 0 Å². The number of rotatable bonds is 5. The van der Waals surface area contributed by atoms with Crippen LogP contribution in [0.1, 0.15) is 0 Å². The fourth-order valence-corrected chi connectivity index (χ4v) is 7.87. The lowest BCUT2D eigenvalue weighted by Gasteiger charge is -2.26. The van der Waals surface area contributed by atoms with Crippen molar-refractivity contribution in [3.63, 3.8) is 0 Å². The molecule has 234 valence electrons. The molecular formula is C48H32N2. The van der Waals surface area contributed by atoms with Crippen molar-refractivity contribution in [2.75, 3.05) is 4.90 Å². The highest BCUT2D eigenvalue weighted by atomic mass is 15.1. The van der Waals surface area contributed by atoms with Crippen LogP contribution in [0.15, 0.2) is 194 Å². The zero-order valence-corrected chi connectivity index (χ0v) is 27.4. The van der Waals surface area contributed by atoms with E-state index >= 15 is 0 Å². The van der Waals surface area contributed by atoms with Crippen LogP contribution in [-0.4, -0.2) is 4.57 Å². The third-order valence-corrected chi connectivity index (χ3v) is 10.1. The molecule has 0 atom stereocenters. The predicted octanol–water partition coefficient (Wildman–Crippen LogP) is 13.4.